The van der Waals surface area contributed by atoms with Gasteiger partial charge in [-0.1, -0.05) is 496 Å². The fourth-order valence-electron chi connectivity index (χ4n) is 18.5. The summed E-state index contributed by atoms with van der Waals surface area (Å²) >= 11 is 0. The van der Waals surface area contributed by atoms with Crippen LogP contribution in [0.5, 0.6) is 0 Å². The molecule has 6 aromatic carbocycles. The van der Waals surface area contributed by atoms with Crippen molar-refractivity contribution in [3.8, 4) is 0 Å². The monoisotopic (exact) mass is 1630 g/mol. The van der Waals surface area contributed by atoms with Crippen LogP contribution >= 0.6 is 8.60 Å². The third kappa shape index (κ3) is 24.6. The van der Waals surface area contributed by atoms with E-state index in [9.17, 15) is 13.6 Å². The van der Waals surface area contributed by atoms with Crippen molar-refractivity contribution in [1.82, 2.24) is 0 Å². The van der Waals surface area contributed by atoms with Gasteiger partial charge in [0.25, 0.3) is 0 Å². The van der Waals surface area contributed by atoms with E-state index in [-0.39, 0.29) is 82.7 Å². The minimum absolute atomic E-state index is 0.134. The SMILES string of the molecule is CCCCCCCC(C)C(OP(OC(c1ccc(C(C)(C)C)cc1C(C)(C)C)(c1ccc(C(C)(C)C)cc1C(C)(C)C)C(C)CCCCCCC)OC(c1ccc(C(C)(C)C)cc1C(C)(C)C)(c1ccc(C(C)(C)C)cc1C(C)(C)C)C(C)CCCCCCC)(c1ccc(C(C)(C)C)cc1C(C)(C)C)c1ccc(C(C)(C)C)cc1C(C)(C)C. The summed E-state index contributed by atoms with van der Waals surface area (Å²) in [5.41, 5.74) is 16.1. The van der Waals surface area contributed by atoms with E-state index in [0.717, 1.165) is 57.8 Å². The van der Waals surface area contributed by atoms with Gasteiger partial charge < -0.3 is 0 Å². The largest absolute Gasteiger partial charge is 0.336 e. The van der Waals surface area contributed by atoms with Crippen LogP contribution in [0.1, 0.15) is 507 Å². The topological polar surface area (TPSA) is 27.7 Å². The van der Waals surface area contributed by atoms with Crippen molar-refractivity contribution in [2.24, 2.45) is 17.8 Å². The lowest BCUT2D eigenvalue weighted by Crippen LogP contribution is -2.47. The Bertz CT molecular complexity index is 3530. The molecule has 0 N–H and O–H groups in total. The van der Waals surface area contributed by atoms with Gasteiger partial charge in [-0.15, -0.1) is 0 Å². The highest BCUT2D eigenvalue weighted by Gasteiger charge is 2.58. The van der Waals surface area contributed by atoms with Crippen molar-refractivity contribution in [2.75, 3.05) is 0 Å². The molecule has 0 amide bonds. The van der Waals surface area contributed by atoms with Crippen LogP contribution < -0.4 is 0 Å². The van der Waals surface area contributed by atoms with Gasteiger partial charge in [0.05, 0.1) is 0 Å². The van der Waals surface area contributed by atoms with Crippen LogP contribution in [-0.4, -0.2) is 0 Å². The molecular formula is C114H183O3P. The van der Waals surface area contributed by atoms with Crippen molar-refractivity contribution < 1.29 is 13.6 Å². The van der Waals surface area contributed by atoms with Gasteiger partial charge in [-0.2, -0.15) is 0 Å². The Labute approximate surface area is 732 Å². The Morgan fingerprint density at radius 2 is 0.339 bits per heavy atom. The normalized spacial score (nSPS) is 15.1. The molecule has 3 atom stereocenters. The lowest BCUT2D eigenvalue weighted by atomic mass is 9.65. The Balaban J connectivity index is 2.28. The number of hydrogen-bond donors (Lipinski definition) is 0. The van der Waals surface area contributed by atoms with Crippen LogP contribution in [0.4, 0.5) is 0 Å². The molecule has 0 aliphatic heterocycles. The Morgan fingerprint density at radius 1 is 0.195 bits per heavy atom. The van der Waals surface area contributed by atoms with Crippen LogP contribution in [-0.2, 0) is 95.4 Å². The average molecular weight is 1630 g/mol. The zero-order valence-electron chi connectivity index (χ0n) is 85.0. The van der Waals surface area contributed by atoms with Gasteiger partial charge in [0, 0.05) is 0 Å². The van der Waals surface area contributed by atoms with Crippen molar-refractivity contribution >= 4 is 8.60 Å². The highest BCUT2D eigenvalue weighted by molar-refractivity contribution is 7.41. The van der Waals surface area contributed by atoms with Crippen molar-refractivity contribution in [1.29, 1.82) is 0 Å². The van der Waals surface area contributed by atoms with Gasteiger partial charge in [-0.3, -0.25) is 13.6 Å². The molecule has 0 aliphatic carbocycles. The van der Waals surface area contributed by atoms with E-state index < -0.39 is 25.4 Å². The van der Waals surface area contributed by atoms with Crippen molar-refractivity contribution in [3.63, 3.8) is 0 Å². The van der Waals surface area contributed by atoms with Crippen LogP contribution in [0.15, 0.2) is 109 Å². The second kappa shape index (κ2) is 38.6. The fraction of sp³-hybridized carbons (Fsp3) is 0.684. The second-order valence-electron chi connectivity index (χ2n) is 49.6. The summed E-state index contributed by atoms with van der Waals surface area (Å²) in [5.74, 6) is -0.403. The first-order valence-corrected chi connectivity index (χ1v) is 48.6. The van der Waals surface area contributed by atoms with Crippen LogP contribution in [0.2, 0.25) is 0 Å². The average Bonchev–Trinajstić information content (AvgIpc) is 0.711. The highest BCUT2D eigenvalue weighted by Crippen LogP contribution is 2.68. The molecular weight excluding hydrogens is 1450 g/mol. The summed E-state index contributed by atoms with van der Waals surface area (Å²) in [5, 5.41) is 0. The van der Waals surface area contributed by atoms with Crippen molar-refractivity contribution in [2.45, 2.75) is 488 Å². The third-order valence-electron chi connectivity index (χ3n) is 26.5. The zero-order chi connectivity index (χ0) is 89.8. The second-order valence-corrected chi connectivity index (χ2v) is 50.6. The van der Waals surface area contributed by atoms with E-state index in [4.69, 9.17) is 0 Å². The summed E-state index contributed by atoms with van der Waals surface area (Å²) in [7, 11) is -2.71. The summed E-state index contributed by atoms with van der Waals surface area (Å²) in [6.45, 7) is 102. The molecule has 0 bridgehead atoms. The van der Waals surface area contributed by atoms with Gasteiger partial charge in [-0.25, -0.2) is 0 Å². The maximum atomic E-state index is 9.92. The molecule has 3 nitrogen and oxygen atoms in total. The molecule has 6 rings (SSSR count). The van der Waals surface area contributed by atoms with E-state index in [1.807, 2.05) is 0 Å². The van der Waals surface area contributed by atoms with Gasteiger partial charge in [0.1, 0.15) is 16.8 Å². The van der Waals surface area contributed by atoms with E-state index in [2.05, 4.69) is 400 Å². The molecule has 4 heteroatoms. The molecule has 6 aromatic rings. The molecule has 3 unspecified atom stereocenters. The third-order valence-corrected chi connectivity index (χ3v) is 27.8. The predicted molar refractivity (Wildman–Crippen MR) is 523 cm³/mol. The summed E-state index contributed by atoms with van der Waals surface area (Å²) in [6, 6.07) is 46.1. The lowest BCUT2D eigenvalue weighted by Gasteiger charge is -2.52. The molecule has 0 saturated heterocycles. The molecule has 0 fully saturated rings. The highest BCUT2D eigenvalue weighted by atomic mass is 31.2. The van der Waals surface area contributed by atoms with E-state index in [1.165, 1.54) is 158 Å². The fourth-order valence-corrected chi connectivity index (χ4v) is 20.5. The zero-order valence-corrected chi connectivity index (χ0v) is 85.9. The van der Waals surface area contributed by atoms with Gasteiger partial charge in [0.15, 0.2) is 0 Å². The molecule has 0 aromatic heterocycles. The minimum Gasteiger partial charge on any atom is -0.295 e. The molecule has 662 valence electrons. The van der Waals surface area contributed by atoms with Crippen LogP contribution in [0.3, 0.4) is 0 Å². The molecule has 0 radical (unpaired) electrons. The predicted octanol–water partition coefficient (Wildman–Crippen LogP) is 35.7. The minimum atomic E-state index is -2.71. The van der Waals surface area contributed by atoms with Gasteiger partial charge in [-0.05, 0) is 202 Å². The quantitative estimate of drug-likeness (QED) is 0.0304. The smallest absolute Gasteiger partial charge is 0.295 e. The summed E-state index contributed by atoms with van der Waals surface area (Å²) in [6.07, 6.45) is 20.1. The number of benzene rings is 6. The first-order chi connectivity index (χ1) is 53.7. The Hall–Kier alpha value is -4.37. The first kappa shape index (κ1) is 102. The molecule has 0 heterocycles. The standard InChI is InChI=1S/C114H183O3P/c1-43-46-49-52-55-58-79(4)112(88-67-61-82(100(7,8)9)73-94(88)106(25,26)27,89-68-62-83(101(10,11)12)74-95(89)107(28,29)30)115-118(116-113(80(5)59-56-53-50-47-44-2,90-69-63-84(102(13,14)15)75-96(90)108(31,32)33)91-70-64-85(103(16,17)18)76-97(91)109(34,35)36)117-114(81(6)60-57-54-51-48-45-3,92-71-65-86(104(19,20)21)77-98(92)110(37,38)39)93-72-66-87(105(22,23)24)78-99(93)111(40,41)42/h61-81H,43-60H2,1-42H3. The lowest BCUT2D eigenvalue weighted by molar-refractivity contribution is -0.0642. The summed E-state index contributed by atoms with van der Waals surface area (Å²) in [4.78, 5) is 0. The molecule has 118 heavy (non-hydrogen) atoms. The number of rotatable bonds is 33. The number of unbranched alkanes of at least 4 members (excludes halogenated alkanes) is 12. The molecule has 0 aliphatic rings. The van der Waals surface area contributed by atoms with Crippen molar-refractivity contribution in [3.05, 3.63) is 209 Å². The Morgan fingerprint density at radius 3 is 0.466 bits per heavy atom. The van der Waals surface area contributed by atoms with E-state index >= 15 is 0 Å². The maximum absolute atomic E-state index is 9.92. The Kier molecular flexibility index (Phi) is 33.5. The van der Waals surface area contributed by atoms with Crippen LogP contribution in [0, 0.1) is 17.8 Å². The molecule has 0 saturated carbocycles. The summed E-state index contributed by atoms with van der Waals surface area (Å²) < 4.78 is 29.8. The van der Waals surface area contributed by atoms with E-state index in [0.29, 0.717) is 0 Å². The van der Waals surface area contributed by atoms with Gasteiger partial charge in [0.2, 0.25) is 0 Å². The first-order valence-electron chi connectivity index (χ1n) is 47.5. The van der Waals surface area contributed by atoms with Crippen LogP contribution in [0.25, 0.3) is 0 Å². The van der Waals surface area contributed by atoms with Gasteiger partial charge >= 0.3 is 8.60 Å². The maximum Gasteiger partial charge on any atom is 0.336 e. The number of hydrogen-bond acceptors (Lipinski definition) is 3. The van der Waals surface area contributed by atoms with E-state index in [1.54, 1.807) is 0 Å². The molecule has 0 spiro atoms.